The van der Waals surface area contributed by atoms with Gasteiger partial charge in [-0.1, -0.05) is 29.8 Å². The lowest BCUT2D eigenvalue weighted by molar-refractivity contribution is 0.0604. The molecule has 1 fully saturated rings. The van der Waals surface area contributed by atoms with Crippen molar-refractivity contribution in [2.24, 2.45) is 0 Å². The Bertz CT molecular complexity index is 880. The molecule has 3 rings (SSSR count). The van der Waals surface area contributed by atoms with Gasteiger partial charge in [0, 0.05) is 11.1 Å². The molecule has 2 aromatic rings. The van der Waals surface area contributed by atoms with Gasteiger partial charge in [0.1, 0.15) is 18.1 Å². The average Bonchev–Trinajstić information content (AvgIpc) is 2.78. The predicted octanol–water partition coefficient (Wildman–Crippen LogP) is 5.37. The van der Waals surface area contributed by atoms with Gasteiger partial charge in [-0.2, -0.15) is 0 Å². The van der Waals surface area contributed by atoms with Crippen LogP contribution in [0.2, 0.25) is 5.02 Å². The van der Waals surface area contributed by atoms with Gasteiger partial charge in [0.15, 0.2) is 0 Å². The van der Waals surface area contributed by atoms with Gasteiger partial charge >= 0.3 is 6.09 Å². The minimum atomic E-state index is -0.325. The zero-order valence-corrected chi connectivity index (χ0v) is 20.1. The van der Waals surface area contributed by atoms with Gasteiger partial charge in [0.25, 0.3) is 0 Å². The molecule has 0 N–H and O–H groups in total. The average molecular weight is 461 g/mol. The van der Waals surface area contributed by atoms with Gasteiger partial charge < -0.3 is 24.0 Å². The van der Waals surface area contributed by atoms with Crippen molar-refractivity contribution in [3.63, 3.8) is 0 Å². The number of rotatable bonds is 8. The normalized spacial score (nSPS) is 14.9. The second-order valence-electron chi connectivity index (χ2n) is 8.48. The van der Waals surface area contributed by atoms with E-state index in [9.17, 15) is 4.79 Å². The molecule has 1 aliphatic heterocycles. The summed E-state index contributed by atoms with van der Waals surface area (Å²) in [6.07, 6.45) is 1.60. The van der Waals surface area contributed by atoms with E-state index in [2.05, 4.69) is 11.9 Å². The van der Waals surface area contributed by atoms with Crippen molar-refractivity contribution in [2.45, 2.75) is 52.0 Å². The lowest BCUT2D eigenvalue weighted by Crippen LogP contribution is -2.46. The van der Waals surface area contributed by atoms with E-state index in [1.54, 1.807) is 13.2 Å². The van der Waals surface area contributed by atoms with Crippen LogP contribution < -0.4 is 9.47 Å². The highest BCUT2D eigenvalue weighted by Gasteiger charge is 2.28. The van der Waals surface area contributed by atoms with Crippen LogP contribution in [0, 0.1) is 0 Å². The smallest absolute Gasteiger partial charge is 0.410 e. The molecule has 32 heavy (non-hydrogen) atoms. The second kappa shape index (κ2) is 11.4. The summed E-state index contributed by atoms with van der Waals surface area (Å²) in [5, 5.41) is 0.579. The van der Waals surface area contributed by atoms with Crippen molar-refractivity contribution in [3.8, 4) is 11.5 Å². The summed E-state index contributed by atoms with van der Waals surface area (Å²) in [7, 11) is 3.71. The van der Waals surface area contributed by atoms with Gasteiger partial charge in [-0.3, -0.25) is 0 Å². The van der Waals surface area contributed by atoms with Crippen molar-refractivity contribution < 1.29 is 19.0 Å². The molecule has 1 aliphatic rings. The summed E-state index contributed by atoms with van der Waals surface area (Å²) in [5.74, 6) is 1.49. The van der Waals surface area contributed by atoms with Crippen LogP contribution in [0.5, 0.6) is 11.5 Å². The van der Waals surface area contributed by atoms with Crippen molar-refractivity contribution >= 4 is 17.7 Å². The van der Waals surface area contributed by atoms with Crippen LogP contribution in [0.1, 0.15) is 37.8 Å². The van der Waals surface area contributed by atoms with Crippen molar-refractivity contribution in [1.29, 1.82) is 0 Å². The number of hydrogen-bond acceptors (Lipinski definition) is 5. The summed E-state index contributed by atoms with van der Waals surface area (Å²) >= 11 is 6.46. The van der Waals surface area contributed by atoms with Crippen LogP contribution in [-0.4, -0.2) is 55.3 Å². The van der Waals surface area contributed by atoms with E-state index < -0.39 is 0 Å². The Morgan fingerprint density at radius 2 is 1.78 bits per heavy atom. The van der Waals surface area contributed by atoms with Gasteiger partial charge in [-0.05, 0) is 82.2 Å². The van der Waals surface area contributed by atoms with Crippen molar-refractivity contribution in [2.75, 3.05) is 27.2 Å². The summed E-state index contributed by atoms with van der Waals surface area (Å²) < 4.78 is 16.6. The molecule has 0 radical (unpaired) electrons. The van der Waals surface area contributed by atoms with E-state index in [-0.39, 0.29) is 24.8 Å². The number of benzene rings is 2. The van der Waals surface area contributed by atoms with Crippen LogP contribution in [0.25, 0.3) is 0 Å². The first-order valence-electron chi connectivity index (χ1n) is 11.1. The third-order valence-corrected chi connectivity index (χ3v) is 5.97. The van der Waals surface area contributed by atoms with Crippen LogP contribution in [0.4, 0.5) is 4.79 Å². The number of carbonyl (C=O) groups excluding carboxylic acids is 1. The molecule has 0 bridgehead atoms. The van der Waals surface area contributed by atoms with E-state index in [0.717, 1.165) is 42.8 Å². The Hall–Kier alpha value is -2.44. The Morgan fingerprint density at radius 3 is 2.38 bits per heavy atom. The van der Waals surface area contributed by atoms with Crippen LogP contribution >= 0.6 is 11.6 Å². The lowest BCUT2D eigenvalue weighted by Gasteiger charge is -2.36. The van der Waals surface area contributed by atoms with Crippen molar-refractivity contribution in [1.82, 2.24) is 9.80 Å². The molecule has 174 valence electrons. The first-order chi connectivity index (χ1) is 15.4. The minimum Gasteiger partial charge on any atom is -0.497 e. The first-order valence-corrected chi connectivity index (χ1v) is 11.4. The van der Waals surface area contributed by atoms with E-state index >= 15 is 0 Å². The Morgan fingerprint density at radius 1 is 1.12 bits per heavy atom. The largest absolute Gasteiger partial charge is 0.497 e. The van der Waals surface area contributed by atoms with Crippen molar-refractivity contribution in [3.05, 3.63) is 58.6 Å². The molecule has 1 amide bonds. The highest BCUT2D eigenvalue weighted by Crippen LogP contribution is 2.27. The number of carbonyl (C=O) groups is 1. The fraction of sp³-hybridized carbons (Fsp3) is 0.480. The third kappa shape index (κ3) is 6.78. The number of nitrogens with zero attached hydrogens (tertiary/aromatic N) is 2. The topological polar surface area (TPSA) is 51.2 Å². The molecule has 7 heteroatoms. The van der Waals surface area contributed by atoms with E-state index in [4.69, 9.17) is 25.8 Å². The molecular weight excluding hydrogens is 428 g/mol. The summed E-state index contributed by atoms with van der Waals surface area (Å²) in [6, 6.07) is 13.3. The Balaban J connectivity index is 1.69. The van der Waals surface area contributed by atoms with Crippen LogP contribution in [0.15, 0.2) is 42.5 Å². The summed E-state index contributed by atoms with van der Waals surface area (Å²) in [6.45, 7) is 6.48. The number of amides is 1. The molecular formula is C25H33ClN2O4. The molecule has 0 aliphatic carbocycles. The number of ether oxygens (including phenoxy) is 3. The molecule has 6 nitrogen and oxygen atoms in total. The van der Waals surface area contributed by atoms with E-state index in [1.807, 2.05) is 55.1 Å². The number of halogens is 1. The van der Waals surface area contributed by atoms with Gasteiger partial charge in [-0.25, -0.2) is 4.79 Å². The molecule has 1 saturated heterocycles. The fourth-order valence-electron chi connectivity index (χ4n) is 3.78. The molecule has 0 unspecified atom stereocenters. The highest BCUT2D eigenvalue weighted by molar-refractivity contribution is 6.31. The van der Waals surface area contributed by atoms with Gasteiger partial charge in [0.05, 0.1) is 19.8 Å². The number of piperidine rings is 1. The minimum absolute atomic E-state index is 0.110. The van der Waals surface area contributed by atoms with Crippen LogP contribution in [0.3, 0.4) is 0 Å². The Labute approximate surface area is 196 Å². The van der Waals surface area contributed by atoms with Gasteiger partial charge in [-0.15, -0.1) is 0 Å². The molecule has 0 atom stereocenters. The molecule has 0 saturated carbocycles. The molecule has 2 aromatic carbocycles. The zero-order valence-electron chi connectivity index (χ0n) is 19.3. The van der Waals surface area contributed by atoms with E-state index in [1.165, 1.54) is 0 Å². The second-order valence-corrected chi connectivity index (χ2v) is 8.89. The Kier molecular flexibility index (Phi) is 8.65. The maximum absolute atomic E-state index is 13.1. The third-order valence-electron chi connectivity index (χ3n) is 5.62. The predicted molar refractivity (Wildman–Crippen MR) is 126 cm³/mol. The number of methoxy groups -OCH3 is 1. The first kappa shape index (κ1) is 24.2. The quantitative estimate of drug-likeness (QED) is 0.530. The zero-order chi connectivity index (χ0) is 23.1. The maximum Gasteiger partial charge on any atom is 0.410 e. The van der Waals surface area contributed by atoms with E-state index in [0.29, 0.717) is 17.3 Å². The maximum atomic E-state index is 13.1. The number of likely N-dealkylation sites (tertiary alicyclic amines) is 1. The molecule has 0 spiro atoms. The van der Waals surface area contributed by atoms with Crippen LogP contribution in [-0.2, 0) is 17.9 Å². The summed E-state index contributed by atoms with van der Waals surface area (Å²) in [5.41, 5.74) is 1.79. The standard InChI is InChI=1S/C25H33ClN2O4/c1-18(2)32-22-8-5-19(6-9-22)17-31-25(29)28(21-11-13-27(3)14-12-21)16-20-7-10-23(30-4)15-24(20)26/h5-10,15,18,21H,11-14,16-17H2,1-4H3. The van der Waals surface area contributed by atoms with Gasteiger partial charge in [0.2, 0.25) is 0 Å². The summed E-state index contributed by atoms with van der Waals surface area (Å²) in [4.78, 5) is 17.2. The highest BCUT2D eigenvalue weighted by atomic mass is 35.5. The molecule has 1 heterocycles. The number of hydrogen-bond donors (Lipinski definition) is 0. The lowest BCUT2D eigenvalue weighted by atomic mass is 10.0. The fourth-order valence-corrected chi connectivity index (χ4v) is 4.01. The SMILES string of the molecule is COc1ccc(CN(C(=O)OCc2ccc(OC(C)C)cc2)C2CCN(C)CC2)c(Cl)c1. The monoisotopic (exact) mass is 460 g/mol. The molecule has 0 aromatic heterocycles.